The quantitative estimate of drug-likeness (QED) is 0.328. The molecule has 0 saturated carbocycles. The molecule has 0 aromatic heterocycles. The lowest BCUT2D eigenvalue weighted by Crippen LogP contribution is -2.19. The maximum absolute atomic E-state index is 2.42. The molecular formula is C20H42. The molecule has 0 saturated heterocycles. The van der Waals surface area contributed by atoms with Crippen LogP contribution in [0.15, 0.2) is 0 Å². The molecule has 0 heteroatoms. The highest BCUT2D eigenvalue weighted by Crippen LogP contribution is 2.34. The summed E-state index contributed by atoms with van der Waals surface area (Å²) in [6.45, 7) is 14.3. The average molecular weight is 283 g/mol. The minimum absolute atomic E-state index is 0.965. The van der Waals surface area contributed by atoms with E-state index in [9.17, 15) is 0 Å². The van der Waals surface area contributed by atoms with E-state index in [2.05, 4.69) is 41.5 Å². The molecule has 122 valence electrons. The fourth-order valence-corrected chi connectivity index (χ4v) is 3.88. The van der Waals surface area contributed by atoms with Crippen molar-refractivity contribution in [3.63, 3.8) is 0 Å². The first-order valence-corrected chi connectivity index (χ1v) is 9.66. The fraction of sp³-hybridized carbons (Fsp3) is 1.00. The summed E-state index contributed by atoms with van der Waals surface area (Å²) in [7, 11) is 0. The molecule has 2 unspecified atom stereocenters. The molecular weight excluding hydrogens is 240 g/mol. The average Bonchev–Trinajstić information content (AvgIpc) is 2.49. The van der Waals surface area contributed by atoms with E-state index in [4.69, 9.17) is 0 Å². The maximum Gasteiger partial charge on any atom is -0.0386 e. The highest BCUT2D eigenvalue weighted by molar-refractivity contribution is 4.73. The highest BCUT2D eigenvalue weighted by atomic mass is 14.3. The van der Waals surface area contributed by atoms with Crippen LogP contribution in [0.5, 0.6) is 0 Å². The van der Waals surface area contributed by atoms with E-state index in [1.165, 1.54) is 64.2 Å². The summed E-state index contributed by atoms with van der Waals surface area (Å²) < 4.78 is 0. The van der Waals surface area contributed by atoms with Gasteiger partial charge in [-0.25, -0.2) is 0 Å². The van der Waals surface area contributed by atoms with Gasteiger partial charge in [-0.2, -0.15) is 0 Å². The van der Waals surface area contributed by atoms with Gasteiger partial charge in [-0.15, -0.1) is 0 Å². The molecule has 0 aliphatic rings. The first kappa shape index (κ1) is 20.0. The van der Waals surface area contributed by atoms with E-state index in [-0.39, 0.29) is 0 Å². The SMILES string of the molecule is CCCC(CCC(CC)CC)C(CC)CC(CC)CC. The number of hydrogen-bond donors (Lipinski definition) is 0. The normalized spacial score (nSPS) is 15.0. The minimum atomic E-state index is 0.965. The summed E-state index contributed by atoms with van der Waals surface area (Å²) in [4.78, 5) is 0. The molecule has 0 spiro atoms. The molecule has 0 amide bonds. The Morgan fingerprint density at radius 3 is 1.45 bits per heavy atom. The van der Waals surface area contributed by atoms with Crippen molar-refractivity contribution < 1.29 is 0 Å². The van der Waals surface area contributed by atoms with Crippen molar-refractivity contribution in [2.75, 3.05) is 0 Å². The number of hydrogen-bond acceptors (Lipinski definition) is 0. The lowest BCUT2D eigenvalue weighted by atomic mass is 9.76. The van der Waals surface area contributed by atoms with Crippen LogP contribution in [0.4, 0.5) is 0 Å². The van der Waals surface area contributed by atoms with Gasteiger partial charge in [0.2, 0.25) is 0 Å². The third kappa shape index (κ3) is 7.70. The third-order valence-corrected chi connectivity index (χ3v) is 5.74. The van der Waals surface area contributed by atoms with Gasteiger partial charge >= 0.3 is 0 Å². The summed E-state index contributed by atoms with van der Waals surface area (Å²) >= 11 is 0. The molecule has 0 aromatic carbocycles. The first-order chi connectivity index (χ1) is 9.66. The Bertz CT molecular complexity index is 188. The van der Waals surface area contributed by atoms with Crippen molar-refractivity contribution in [1.82, 2.24) is 0 Å². The van der Waals surface area contributed by atoms with Gasteiger partial charge in [0.25, 0.3) is 0 Å². The zero-order valence-electron chi connectivity index (χ0n) is 15.4. The summed E-state index contributed by atoms with van der Waals surface area (Å²) in [6.07, 6.45) is 14.1. The van der Waals surface area contributed by atoms with Crippen LogP contribution in [0.2, 0.25) is 0 Å². The second kappa shape index (κ2) is 12.7. The van der Waals surface area contributed by atoms with Crippen molar-refractivity contribution >= 4 is 0 Å². The fourth-order valence-electron chi connectivity index (χ4n) is 3.88. The van der Waals surface area contributed by atoms with Crippen LogP contribution in [0, 0.1) is 23.7 Å². The second-order valence-electron chi connectivity index (χ2n) is 6.90. The van der Waals surface area contributed by atoms with E-state index in [1.54, 1.807) is 0 Å². The van der Waals surface area contributed by atoms with Gasteiger partial charge in [-0.1, -0.05) is 92.9 Å². The third-order valence-electron chi connectivity index (χ3n) is 5.74. The van der Waals surface area contributed by atoms with Gasteiger partial charge in [0, 0.05) is 0 Å². The summed E-state index contributed by atoms with van der Waals surface area (Å²) in [5.74, 6) is 3.91. The Morgan fingerprint density at radius 2 is 1.05 bits per heavy atom. The standard InChI is InChI=1S/C20H42/c1-7-13-20(15-14-17(8-2)9-3)19(12-6)16-18(10-4)11-5/h17-20H,7-16H2,1-6H3. The van der Waals surface area contributed by atoms with E-state index >= 15 is 0 Å². The van der Waals surface area contributed by atoms with Crippen molar-refractivity contribution in [2.24, 2.45) is 23.7 Å². The van der Waals surface area contributed by atoms with Crippen LogP contribution in [0.25, 0.3) is 0 Å². The maximum atomic E-state index is 2.42. The Kier molecular flexibility index (Phi) is 12.7. The van der Waals surface area contributed by atoms with E-state index in [0.29, 0.717) is 0 Å². The van der Waals surface area contributed by atoms with E-state index in [0.717, 1.165) is 23.7 Å². The molecule has 0 N–H and O–H groups in total. The minimum Gasteiger partial charge on any atom is -0.0654 e. The van der Waals surface area contributed by atoms with Crippen LogP contribution < -0.4 is 0 Å². The summed E-state index contributed by atoms with van der Waals surface area (Å²) in [5.41, 5.74) is 0. The number of rotatable bonds is 13. The van der Waals surface area contributed by atoms with Crippen LogP contribution in [-0.4, -0.2) is 0 Å². The largest absolute Gasteiger partial charge is 0.0654 e. The molecule has 20 heavy (non-hydrogen) atoms. The van der Waals surface area contributed by atoms with Crippen molar-refractivity contribution in [1.29, 1.82) is 0 Å². The van der Waals surface area contributed by atoms with Crippen LogP contribution in [0.3, 0.4) is 0 Å². The molecule has 2 atom stereocenters. The molecule has 0 aliphatic carbocycles. The Hall–Kier alpha value is 0. The Balaban J connectivity index is 4.49. The lowest BCUT2D eigenvalue weighted by Gasteiger charge is -2.30. The van der Waals surface area contributed by atoms with Gasteiger partial charge in [-0.3, -0.25) is 0 Å². The topological polar surface area (TPSA) is 0 Å². The van der Waals surface area contributed by atoms with E-state index < -0.39 is 0 Å². The lowest BCUT2D eigenvalue weighted by molar-refractivity contribution is 0.212. The van der Waals surface area contributed by atoms with Crippen LogP contribution >= 0.6 is 0 Å². The van der Waals surface area contributed by atoms with E-state index in [1.807, 2.05) is 0 Å². The Morgan fingerprint density at radius 1 is 0.500 bits per heavy atom. The molecule has 0 nitrogen and oxygen atoms in total. The predicted molar refractivity (Wildman–Crippen MR) is 94.2 cm³/mol. The molecule has 0 bridgehead atoms. The molecule has 0 rings (SSSR count). The van der Waals surface area contributed by atoms with Gasteiger partial charge in [0.05, 0.1) is 0 Å². The van der Waals surface area contributed by atoms with Gasteiger partial charge in [0.15, 0.2) is 0 Å². The highest BCUT2D eigenvalue weighted by Gasteiger charge is 2.22. The van der Waals surface area contributed by atoms with Crippen molar-refractivity contribution in [2.45, 2.75) is 106 Å². The zero-order chi connectivity index (χ0) is 15.4. The molecule has 0 aliphatic heterocycles. The predicted octanol–water partition coefficient (Wildman–Crippen LogP) is 7.47. The summed E-state index contributed by atoms with van der Waals surface area (Å²) in [5, 5.41) is 0. The first-order valence-electron chi connectivity index (χ1n) is 9.66. The van der Waals surface area contributed by atoms with Gasteiger partial charge in [-0.05, 0) is 36.5 Å². The molecule has 0 fully saturated rings. The molecule has 0 heterocycles. The van der Waals surface area contributed by atoms with Crippen LogP contribution in [-0.2, 0) is 0 Å². The van der Waals surface area contributed by atoms with Gasteiger partial charge in [0.1, 0.15) is 0 Å². The zero-order valence-corrected chi connectivity index (χ0v) is 15.4. The monoisotopic (exact) mass is 282 g/mol. The smallest absolute Gasteiger partial charge is 0.0386 e. The summed E-state index contributed by atoms with van der Waals surface area (Å²) in [6, 6.07) is 0. The Labute approximate surface area is 130 Å². The molecule has 0 radical (unpaired) electrons. The van der Waals surface area contributed by atoms with Gasteiger partial charge < -0.3 is 0 Å². The molecule has 0 aromatic rings. The van der Waals surface area contributed by atoms with Crippen molar-refractivity contribution in [3.05, 3.63) is 0 Å². The second-order valence-corrected chi connectivity index (χ2v) is 6.90. The van der Waals surface area contributed by atoms with Crippen LogP contribution in [0.1, 0.15) is 106 Å². The van der Waals surface area contributed by atoms with Crippen molar-refractivity contribution in [3.8, 4) is 0 Å².